The van der Waals surface area contributed by atoms with Crippen LogP contribution in [0, 0.1) is 0 Å². The van der Waals surface area contributed by atoms with Crippen LogP contribution in [0.25, 0.3) is 0 Å². The van der Waals surface area contributed by atoms with Crippen LogP contribution < -0.4 is 10.6 Å². The number of benzene rings is 2. The van der Waals surface area contributed by atoms with E-state index in [1.54, 1.807) is 48.5 Å². The first-order chi connectivity index (χ1) is 14.0. The minimum Gasteiger partial charge on any atom is -0.353 e. The van der Waals surface area contributed by atoms with E-state index in [-0.39, 0.29) is 18.1 Å². The predicted octanol–water partition coefficient (Wildman–Crippen LogP) is 4.50. The van der Waals surface area contributed by atoms with Crippen molar-refractivity contribution in [3.05, 3.63) is 64.7 Å². The maximum atomic E-state index is 12.3. The number of rotatable bonds is 11. The van der Waals surface area contributed by atoms with Crippen molar-refractivity contribution in [3.8, 4) is 0 Å². The van der Waals surface area contributed by atoms with Gasteiger partial charge in [-0.05, 0) is 68.8 Å². The van der Waals surface area contributed by atoms with Gasteiger partial charge in [-0.3, -0.25) is 9.59 Å². The van der Waals surface area contributed by atoms with Gasteiger partial charge >= 0.3 is 0 Å². The molecule has 7 heteroatoms. The topological polar surface area (TPSA) is 76.7 Å². The molecule has 0 aromatic heterocycles. The molecular weight excluding hydrogens is 392 g/mol. The van der Waals surface area contributed by atoms with E-state index >= 15 is 0 Å². The van der Waals surface area contributed by atoms with Crippen molar-refractivity contribution in [2.24, 2.45) is 0 Å². The monoisotopic (exact) mass is 418 g/mol. The van der Waals surface area contributed by atoms with Crippen LogP contribution in [0.15, 0.2) is 48.5 Å². The fraction of sp³-hybridized carbons (Fsp3) is 0.364. The van der Waals surface area contributed by atoms with Gasteiger partial charge in [-0.1, -0.05) is 11.6 Å². The third-order valence-electron chi connectivity index (χ3n) is 4.12. The van der Waals surface area contributed by atoms with Gasteiger partial charge in [0.05, 0.1) is 0 Å². The van der Waals surface area contributed by atoms with E-state index in [0.29, 0.717) is 41.6 Å². The molecule has 2 amide bonds. The SMILES string of the molecule is CCOC(CCCNC(=O)c1ccc(NC(=O)c2ccc(Cl)cc2)cc1)OCC. The van der Waals surface area contributed by atoms with Crippen LogP contribution in [0.1, 0.15) is 47.4 Å². The summed E-state index contributed by atoms with van der Waals surface area (Å²) in [5, 5.41) is 6.24. The molecule has 0 atom stereocenters. The Bertz CT molecular complexity index is 772. The quantitative estimate of drug-likeness (QED) is 0.416. The van der Waals surface area contributed by atoms with Crippen molar-refractivity contribution in [2.75, 3.05) is 25.1 Å². The largest absolute Gasteiger partial charge is 0.353 e. The molecule has 0 spiro atoms. The molecule has 6 nitrogen and oxygen atoms in total. The molecule has 0 saturated heterocycles. The van der Waals surface area contributed by atoms with Gasteiger partial charge in [-0.25, -0.2) is 0 Å². The van der Waals surface area contributed by atoms with Gasteiger partial charge in [0, 0.05) is 48.0 Å². The molecule has 0 aliphatic rings. The molecule has 2 rings (SSSR count). The molecule has 0 unspecified atom stereocenters. The molecule has 2 N–H and O–H groups in total. The molecule has 29 heavy (non-hydrogen) atoms. The van der Waals surface area contributed by atoms with E-state index in [0.717, 1.165) is 12.8 Å². The first-order valence-corrected chi connectivity index (χ1v) is 10.1. The van der Waals surface area contributed by atoms with Gasteiger partial charge in [-0.2, -0.15) is 0 Å². The first-order valence-electron chi connectivity index (χ1n) is 9.71. The zero-order valence-electron chi connectivity index (χ0n) is 16.7. The zero-order valence-corrected chi connectivity index (χ0v) is 17.5. The summed E-state index contributed by atoms with van der Waals surface area (Å²) in [6, 6.07) is 13.4. The summed E-state index contributed by atoms with van der Waals surface area (Å²) in [7, 11) is 0. The Labute approximate surface area is 176 Å². The summed E-state index contributed by atoms with van der Waals surface area (Å²) in [5.74, 6) is -0.401. The van der Waals surface area contributed by atoms with Crippen molar-refractivity contribution >= 4 is 29.1 Å². The second kappa shape index (κ2) is 12.2. The third kappa shape index (κ3) is 7.85. The maximum Gasteiger partial charge on any atom is 0.255 e. The molecule has 0 saturated carbocycles. The van der Waals surface area contributed by atoms with Crippen LogP contribution in [0.3, 0.4) is 0 Å². The highest BCUT2D eigenvalue weighted by Crippen LogP contribution is 2.14. The summed E-state index contributed by atoms with van der Waals surface area (Å²) in [5.41, 5.74) is 1.65. The van der Waals surface area contributed by atoms with Crippen LogP contribution in [0.2, 0.25) is 5.02 Å². The van der Waals surface area contributed by atoms with Crippen LogP contribution in [-0.2, 0) is 9.47 Å². The van der Waals surface area contributed by atoms with E-state index in [1.807, 2.05) is 13.8 Å². The van der Waals surface area contributed by atoms with E-state index < -0.39 is 0 Å². The Hall–Kier alpha value is -2.41. The highest BCUT2D eigenvalue weighted by Gasteiger charge is 2.10. The molecule has 0 heterocycles. The molecular formula is C22H27ClN2O4. The Morgan fingerprint density at radius 2 is 1.45 bits per heavy atom. The lowest BCUT2D eigenvalue weighted by molar-refractivity contribution is -0.139. The number of hydrogen-bond acceptors (Lipinski definition) is 4. The van der Waals surface area contributed by atoms with Gasteiger partial charge in [0.25, 0.3) is 11.8 Å². The lowest BCUT2D eigenvalue weighted by atomic mass is 10.1. The molecule has 0 bridgehead atoms. The maximum absolute atomic E-state index is 12.3. The van der Waals surface area contributed by atoms with Crippen LogP contribution in [0.5, 0.6) is 0 Å². The lowest BCUT2D eigenvalue weighted by Gasteiger charge is -2.16. The second-order valence-corrected chi connectivity index (χ2v) is 6.71. The second-order valence-electron chi connectivity index (χ2n) is 6.28. The van der Waals surface area contributed by atoms with Crippen molar-refractivity contribution in [3.63, 3.8) is 0 Å². The molecule has 0 aliphatic carbocycles. The molecule has 0 radical (unpaired) electrons. The van der Waals surface area contributed by atoms with Gasteiger partial charge in [0.15, 0.2) is 6.29 Å². The molecule has 2 aromatic carbocycles. The average molecular weight is 419 g/mol. The van der Waals surface area contributed by atoms with Crippen molar-refractivity contribution < 1.29 is 19.1 Å². The van der Waals surface area contributed by atoms with E-state index in [4.69, 9.17) is 21.1 Å². The summed E-state index contributed by atoms with van der Waals surface area (Å²) < 4.78 is 11.0. The normalized spacial score (nSPS) is 10.8. The smallest absolute Gasteiger partial charge is 0.255 e. The number of hydrogen-bond donors (Lipinski definition) is 2. The molecule has 0 aliphatic heterocycles. The standard InChI is InChI=1S/C22H27ClN2O4/c1-3-28-20(29-4-2)6-5-15-24-21(26)16-9-13-19(14-10-16)25-22(27)17-7-11-18(23)12-8-17/h7-14,20H,3-6,15H2,1-2H3,(H,24,26)(H,25,27). The number of ether oxygens (including phenoxy) is 2. The predicted molar refractivity (Wildman–Crippen MR) is 114 cm³/mol. The Kier molecular flexibility index (Phi) is 9.64. The highest BCUT2D eigenvalue weighted by molar-refractivity contribution is 6.30. The first kappa shape index (κ1) is 22.9. The van der Waals surface area contributed by atoms with Gasteiger partial charge < -0.3 is 20.1 Å². The van der Waals surface area contributed by atoms with Gasteiger partial charge in [0.1, 0.15) is 0 Å². The van der Waals surface area contributed by atoms with E-state index in [1.165, 1.54) is 0 Å². The fourth-order valence-corrected chi connectivity index (χ4v) is 2.79. The lowest BCUT2D eigenvalue weighted by Crippen LogP contribution is -2.26. The fourth-order valence-electron chi connectivity index (χ4n) is 2.67. The van der Waals surface area contributed by atoms with Crippen molar-refractivity contribution in [2.45, 2.75) is 33.0 Å². The number of anilines is 1. The van der Waals surface area contributed by atoms with Crippen LogP contribution in [0.4, 0.5) is 5.69 Å². The van der Waals surface area contributed by atoms with Crippen molar-refractivity contribution in [1.82, 2.24) is 5.32 Å². The minimum atomic E-state index is -0.239. The number of carbonyl (C=O) groups excluding carboxylic acids is 2. The minimum absolute atomic E-state index is 0.162. The summed E-state index contributed by atoms with van der Waals surface area (Å²) in [4.78, 5) is 24.5. The molecule has 156 valence electrons. The third-order valence-corrected chi connectivity index (χ3v) is 4.37. The summed E-state index contributed by atoms with van der Waals surface area (Å²) in [6.07, 6.45) is 1.24. The molecule has 0 fully saturated rings. The molecule has 2 aromatic rings. The number of halogens is 1. The van der Waals surface area contributed by atoms with Crippen LogP contribution >= 0.6 is 11.6 Å². The summed E-state index contributed by atoms with van der Waals surface area (Å²) >= 11 is 5.83. The van der Waals surface area contributed by atoms with Gasteiger partial charge in [-0.15, -0.1) is 0 Å². The number of carbonyl (C=O) groups is 2. The summed E-state index contributed by atoms with van der Waals surface area (Å²) in [6.45, 7) is 5.57. The average Bonchev–Trinajstić information content (AvgIpc) is 2.72. The van der Waals surface area contributed by atoms with E-state index in [2.05, 4.69) is 10.6 Å². The van der Waals surface area contributed by atoms with Crippen molar-refractivity contribution in [1.29, 1.82) is 0 Å². The number of amides is 2. The Morgan fingerprint density at radius 3 is 2.03 bits per heavy atom. The Morgan fingerprint density at radius 1 is 0.897 bits per heavy atom. The highest BCUT2D eigenvalue weighted by atomic mass is 35.5. The Balaban J connectivity index is 1.79. The van der Waals surface area contributed by atoms with Crippen LogP contribution in [-0.4, -0.2) is 37.9 Å². The zero-order chi connectivity index (χ0) is 21.1. The number of nitrogens with one attached hydrogen (secondary N) is 2. The van der Waals surface area contributed by atoms with Gasteiger partial charge in [0.2, 0.25) is 0 Å². The van der Waals surface area contributed by atoms with E-state index in [9.17, 15) is 9.59 Å².